The van der Waals surface area contributed by atoms with Gasteiger partial charge in [0.05, 0.1) is 11.1 Å². The summed E-state index contributed by atoms with van der Waals surface area (Å²) in [5, 5.41) is 3.88. The molecular formula is C14H15ClN2O. The first kappa shape index (κ1) is 12.8. The van der Waals surface area contributed by atoms with Gasteiger partial charge in [-0.2, -0.15) is 0 Å². The van der Waals surface area contributed by atoms with Gasteiger partial charge in [0.2, 0.25) is 0 Å². The predicted octanol–water partition coefficient (Wildman–Crippen LogP) is 2.98. The fourth-order valence-electron chi connectivity index (χ4n) is 1.80. The number of hydrogen-bond donors (Lipinski definition) is 1. The lowest BCUT2D eigenvalue weighted by Crippen LogP contribution is -2.35. The van der Waals surface area contributed by atoms with E-state index in [9.17, 15) is 4.79 Å². The molecule has 0 fully saturated rings. The highest BCUT2D eigenvalue weighted by atomic mass is 35.5. The van der Waals surface area contributed by atoms with Crippen molar-refractivity contribution in [2.24, 2.45) is 0 Å². The first-order valence-electron chi connectivity index (χ1n) is 5.96. The maximum absolute atomic E-state index is 12.2. The maximum atomic E-state index is 12.2. The molecule has 0 saturated heterocycles. The first-order valence-corrected chi connectivity index (χ1v) is 6.50. The summed E-state index contributed by atoms with van der Waals surface area (Å²) in [6, 6.07) is 9.39. The number of nitrogens with zero attached hydrogens (tertiary/aromatic N) is 1. The third kappa shape index (κ3) is 2.62. The van der Waals surface area contributed by atoms with Gasteiger partial charge in [-0.25, -0.2) is 0 Å². The van der Waals surface area contributed by atoms with Crippen molar-refractivity contribution in [1.82, 2.24) is 10.3 Å². The number of para-hydroxylation sites is 1. The Bertz CT molecular complexity index is 547. The Morgan fingerprint density at radius 1 is 1.39 bits per heavy atom. The van der Waals surface area contributed by atoms with E-state index in [0.29, 0.717) is 11.4 Å². The van der Waals surface area contributed by atoms with Gasteiger partial charge in [-0.1, -0.05) is 25.1 Å². The summed E-state index contributed by atoms with van der Waals surface area (Å²) in [6.45, 7) is 1.99. The van der Waals surface area contributed by atoms with Gasteiger partial charge in [0.1, 0.15) is 0 Å². The molecule has 1 heterocycles. The monoisotopic (exact) mass is 262 g/mol. The molecule has 2 aromatic rings. The predicted molar refractivity (Wildman–Crippen MR) is 74.0 cm³/mol. The van der Waals surface area contributed by atoms with E-state index in [1.165, 1.54) is 0 Å². The van der Waals surface area contributed by atoms with Crippen molar-refractivity contribution in [2.75, 3.05) is 5.88 Å². The van der Waals surface area contributed by atoms with Gasteiger partial charge in [-0.05, 0) is 18.6 Å². The van der Waals surface area contributed by atoms with Crippen LogP contribution >= 0.6 is 11.6 Å². The van der Waals surface area contributed by atoms with Gasteiger partial charge in [-0.3, -0.25) is 9.78 Å². The highest BCUT2D eigenvalue weighted by molar-refractivity contribution is 6.18. The van der Waals surface area contributed by atoms with Crippen LogP contribution in [0.3, 0.4) is 0 Å². The van der Waals surface area contributed by atoms with Crippen molar-refractivity contribution in [3.8, 4) is 0 Å². The van der Waals surface area contributed by atoms with Crippen molar-refractivity contribution in [3.05, 3.63) is 42.1 Å². The van der Waals surface area contributed by atoms with Gasteiger partial charge in [-0.15, -0.1) is 11.6 Å². The molecule has 0 spiro atoms. The number of alkyl halides is 1. The van der Waals surface area contributed by atoms with Gasteiger partial charge >= 0.3 is 0 Å². The van der Waals surface area contributed by atoms with E-state index in [1.54, 1.807) is 12.3 Å². The molecule has 1 amide bonds. The van der Waals surface area contributed by atoms with E-state index in [-0.39, 0.29) is 11.9 Å². The van der Waals surface area contributed by atoms with Crippen LogP contribution in [-0.4, -0.2) is 22.8 Å². The molecule has 1 N–H and O–H groups in total. The normalized spacial score (nSPS) is 12.3. The molecule has 2 rings (SSSR count). The van der Waals surface area contributed by atoms with Gasteiger partial charge < -0.3 is 5.32 Å². The molecule has 1 unspecified atom stereocenters. The van der Waals surface area contributed by atoms with Crippen LogP contribution in [0.15, 0.2) is 36.5 Å². The first-order chi connectivity index (χ1) is 8.76. The third-order valence-electron chi connectivity index (χ3n) is 2.89. The number of aromatic nitrogens is 1. The summed E-state index contributed by atoms with van der Waals surface area (Å²) in [4.78, 5) is 16.4. The molecule has 1 aromatic carbocycles. The zero-order valence-electron chi connectivity index (χ0n) is 10.2. The van der Waals surface area contributed by atoms with Crippen molar-refractivity contribution >= 4 is 28.4 Å². The lowest BCUT2D eigenvalue weighted by Gasteiger charge is -2.14. The molecule has 0 saturated carbocycles. The smallest absolute Gasteiger partial charge is 0.253 e. The number of benzene rings is 1. The summed E-state index contributed by atoms with van der Waals surface area (Å²) in [7, 11) is 0. The average Bonchev–Trinajstić information content (AvgIpc) is 2.43. The zero-order chi connectivity index (χ0) is 13.0. The second kappa shape index (κ2) is 5.83. The van der Waals surface area contributed by atoms with E-state index < -0.39 is 0 Å². The van der Waals surface area contributed by atoms with Crippen molar-refractivity contribution in [1.29, 1.82) is 0 Å². The Morgan fingerprint density at radius 3 is 2.89 bits per heavy atom. The van der Waals surface area contributed by atoms with E-state index in [2.05, 4.69) is 10.3 Å². The Kier molecular flexibility index (Phi) is 4.15. The molecule has 0 aliphatic heterocycles. The van der Waals surface area contributed by atoms with Crippen LogP contribution in [0, 0.1) is 0 Å². The third-order valence-corrected chi connectivity index (χ3v) is 3.26. The SMILES string of the molecule is CCC(CCl)NC(=O)c1cccc2cccnc12. The zero-order valence-corrected chi connectivity index (χ0v) is 10.9. The van der Waals surface area contributed by atoms with Crippen LogP contribution < -0.4 is 5.32 Å². The molecule has 3 nitrogen and oxygen atoms in total. The molecule has 0 aliphatic rings. The van der Waals surface area contributed by atoms with Gasteiger partial charge in [0.25, 0.3) is 5.91 Å². The summed E-state index contributed by atoms with van der Waals surface area (Å²) < 4.78 is 0. The Morgan fingerprint density at radius 2 is 2.17 bits per heavy atom. The van der Waals surface area contributed by atoms with Gasteiger partial charge in [0, 0.05) is 23.5 Å². The van der Waals surface area contributed by atoms with Crippen LogP contribution in [0.25, 0.3) is 10.9 Å². The maximum Gasteiger partial charge on any atom is 0.253 e. The van der Waals surface area contributed by atoms with E-state index in [4.69, 9.17) is 11.6 Å². The van der Waals surface area contributed by atoms with Crippen LogP contribution in [0.1, 0.15) is 23.7 Å². The number of rotatable bonds is 4. The number of nitrogens with one attached hydrogen (secondary N) is 1. The summed E-state index contributed by atoms with van der Waals surface area (Å²) in [5.41, 5.74) is 1.32. The summed E-state index contributed by atoms with van der Waals surface area (Å²) in [5.74, 6) is 0.298. The molecule has 0 radical (unpaired) electrons. The van der Waals surface area contributed by atoms with Gasteiger partial charge in [0.15, 0.2) is 0 Å². The number of carbonyl (C=O) groups is 1. The van der Waals surface area contributed by atoms with E-state index in [0.717, 1.165) is 17.3 Å². The average molecular weight is 263 g/mol. The van der Waals surface area contributed by atoms with Crippen LogP contribution in [0.2, 0.25) is 0 Å². The van der Waals surface area contributed by atoms with Crippen molar-refractivity contribution < 1.29 is 4.79 Å². The van der Waals surface area contributed by atoms with Crippen LogP contribution in [-0.2, 0) is 0 Å². The van der Waals surface area contributed by atoms with Crippen LogP contribution in [0.4, 0.5) is 0 Å². The molecule has 0 aliphatic carbocycles. The molecule has 94 valence electrons. The number of carbonyl (C=O) groups excluding carboxylic acids is 1. The number of halogens is 1. The highest BCUT2D eigenvalue weighted by Gasteiger charge is 2.14. The Labute approximate surface area is 111 Å². The highest BCUT2D eigenvalue weighted by Crippen LogP contribution is 2.16. The standard InChI is InChI=1S/C14H15ClN2O/c1-2-11(9-15)17-14(18)12-7-3-5-10-6-4-8-16-13(10)12/h3-8,11H,2,9H2,1H3,(H,17,18). The second-order valence-corrected chi connectivity index (χ2v) is 4.42. The molecule has 18 heavy (non-hydrogen) atoms. The number of amides is 1. The molecule has 4 heteroatoms. The summed E-state index contributed by atoms with van der Waals surface area (Å²) in [6.07, 6.45) is 2.51. The molecule has 1 aromatic heterocycles. The number of hydrogen-bond acceptors (Lipinski definition) is 2. The topological polar surface area (TPSA) is 42.0 Å². The molecular weight excluding hydrogens is 248 g/mol. The minimum Gasteiger partial charge on any atom is -0.348 e. The van der Waals surface area contributed by atoms with E-state index >= 15 is 0 Å². The fourth-order valence-corrected chi connectivity index (χ4v) is 2.10. The quantitative estimate of drug-likeness (QED) is 0.861. The Hall–Kier alpha value is -1.61. The molecule has 1 atom stereocenters. The Balaban J connectivity index is 2.33. The lowest BCUT2D eigenvalue weighted by molar-refractivity contribution is 0.0941. The lowest BCUT2D eigenvalue weighted by atomic mass is 10.1. The minimum absolute atomic E-state index is 0.00173. The molecule has 0 bridgehead atoms. The van der Waals surface area contributed by atoms with Crippen molar-refractivity contribution in [3.63, 3.8) is 0 Å². The number of fused-ring (bicyclic) bond motifs is 1. The number of pyridine rings is 1. The minimum atomic E-state index is -0.119. The van der Waals surface area contributed by atoms with Crippen molar-refractivity contribution in [2.45, 2.75) is 19.4 Å². The second-order valence-electron chi connectivity index (χ2n) is 4.11. The largest absolute Gasteiger partial charge is 0.348 e. The van der Waals surface area contributed by atoms with E-state index in [1.807, 2.05) is 31.2 Å². The fraction of sp³-hybridized carbons (Fsp3) is 0.286. The summed E-state index contributed by atoms with van der Waals surface area (Å²) >= 11 is 5.79. The van der Waals surface area contributed by atoms with Crippen LogP contribution in [0.5, 0.6) is 0 Å².